The smallest absolute Gasteiger partial charge is 0.271 e. The lowest BCUT2D eigenvalue weighted by atomic mass is 10.1. The summed E-state index contributed by atoms with van der Waals surface area (Å²) < 4.78 is 42.2. The third kappa shape index (κ3) is 5.79. The molecule has 1 heterocycles. The SMILES string of the molecule is C=NCc1ccc(OC(C(=O)Nc2nc3c(OC)ccc(OC)c3s2)c2ccc(S(=O)(=O)CC)cc2)cc1. The molecule has 11 heteroatoms. The topological polar surface area (TPSA) is 116 Å². The highest BCUT2D eigenvalue weighted by Crippen LogP contribution is 2.39. The molecule has 198 valence electrons. The van der Waals surface area contributed by atoms with Gasteiger partial charge < -0.3 is 14.2 Å². The van der Waals surface area contributed by atoms with Crippen LogP contribution >= 0.6 is 11.3 Å². The second-order valence-electron chi connectivity index (χ2n) is 8.15. The summed E-state index contributed by atoms with van der Waals surface area (Å²) in [4.78, 5) is 22.1. The Morgan fingerprint density at radius 1 is 1.03 bits per heavy atom. The Kier molecular flexibility index (Phi) is 8.28. The van der Waals surface area contributed by atoms with Gasteiger partial charge in [-0.1, -0.05) is 42.5 Å². The molecule has 0 saturated carbocycles. The second-order valence-corrected chi connectivity index (χ2v) is 11.4. The number of hydrogen-bond donors (Lipinski definition) is 1. The summed E-state index contributed by atoms with van der Waals surface area (Å²) in [6.45, 7) is 5.54. The lowest BCUT2D eigenvalue weighted by Gasteiger charge is -2.19. The Labute approximate surface area is 225 Å². The molecule has 0 bridgehead atoms. The molecule has 0 fully saturated rings. The van der Waals surface area contributed by atoms with Crippen LogP contribution in [0.25, 0.3) is 10.2 Å². The van der Waals surface area contributed by atoms with Gasteiger partial charge in [0.2, 0.25) is 6.10 Å². The number of benzene rings is 3. The van der Waals surface area contributed by atoms with Crippen molar-refractivity contribution in [3.8, 4) is 17.2 Å². The fourth-order valence-corrected chi connectivity index (χ4v) is 5.60. The summed E-state index contributed by atoms with van der Waals surface area (Å²) in [6.07, 6.45) is -1.09. The van der Waals surface area contributed by atoms with Crippen molar-refractivity contribution in [3.05, 3.63) is 71.8 Å². The zero-order valence-corrected chi connectivity index (χ0v) is 22.8. The third-order valence-electron chi connectivity index (χ3n) is 5.77. The molecule has 0 spiro atoms. The summed E-state index contributed by atoms with van der Waals surface area (Å²) in [5.74, 6) is 1.10. The van der Waals surface area contributed by atoms with E-state index in [1.165, 1.54) is 23.5 Å². The van der Waals surface area contributed by atoms with Gasteiger partial charge in [-0.15, -0.1) is 0 Å². The van der Waals surface area contributed by atoms with Gasteiger partial charge in [-0.05, 0) is 48.7 Å². The number of ether oxygens (including phenoxy) is 3. The Morgan fingerprint density at radius 2 is 1.68 bits per heavy atom. The predicted octanol–water partition coefficient (Wildman–Crippen LogP) is 5.07. The zero-order valence-electron chi connectivity index (χ0n) is 21.1. The number of rotatable bonds is 11. The number of carbonyl (C=O) groups excluding carboxylic acids is 1. The Hall–Kier alpha value is -3.96. The molecular weight excluding hydrogens is 526 g/mol. The quantitative estimate of drug-likeness (QED) is 0.258. The average molecular weight is 554 g/mol. The van der Waals surface area contributed by atoms with E-state index in [1.807, 2.05) is 12.1 Å². The molecule has 4 rings (SSSR count). The van der Waals surface area contributed by atoms with Crippen LogP contribution < -0.4 is 19.5 Å². The molecule has 1 amide bonds. The molecule has 0 aliphatic rings. The normalized spacial score (nSPS) is 12.1. The molecule has 0 saturated heterocycles. The highest BCUT2D eigenvalue weighted by atomic mass is 32.2. The number of thiazole rings is 1. The van der Waals surface area contributed by atoms with E-state index >= 15 is 0 Å². The van der Waals surface area contributed by atoms with Crippen molar-refractivity contribution in [1.82, 2.24) is 4.98 Å². The molecule has 1 aromatic heterocycles. The average Bonchev–Trinajstić information content (AvgIpc) is 3.36. The molecule has 1 N–H and O–H groups in total. The molecule has 1 unspecified atom stereocenters. The lowest BCUT2D eigenvalue weighted by molar-refractivity contribution is -0.123. The molecule has 4 aromatic rings. The van der Waals surface area contributed by atoms with E-state index in [2.05, 4.69) is 22.0 Å². The van der Waals surface area contributed by atoms with E-state index in [0.29, 0.717) is 40.0 Å². The number of anilines is 1. The number of nitrogens with zero attached hydrogens (tertiary/aromatic N) is 2. The van der Waals surface area contributed by atoms with Gasteiger partial charge in [0.05, 0.1) is 31.4 Å². The highest BCUT2D eigenvalue weighted by molar-refractivity contribution is 7.91. The largest absolute Gasteiger partial charge is 0.495 e. The maximum atomic E-state index is 13.5. The van der Waals surface area contributed by atoms with E-state index in [-0.39, 0.29) is 10.6 Å². The predicted molar refractivity (Wildman–Crippen MR) is 149 cm³/mol. The molecule has 3 aromatic carbocycles. The highest BCUT2D eigenvalue weighted by Gasteiger charge is 2.26. The lowest BCUT2D eigenvalue weighted by Crippen LogP contribution is -2.25. The molecule has 1 atom stereocenters. The number of aliphatic imine (C=N–C) groups is 1. The number of carbonyl (C=O) groups is 1. The van der Waals surface area contributed by atoms with Crippen LogP contribution in [-0.4, -0.2) is 46.0 Å². The fourth-order valence-electron chi connectivity index (χ4n) is 3.74. The first-order valence-corrected chi connectivity index (χ1v) is 14.1. The van der Waals surface area contributed by atoms with E-state index in [1.54, 1.807) is 57.5 Å². The Balaban J connectivity index is 1.67. The first kappa shape index (κ1) is 27.1. The van der Waals surface area contributed by atoms with E-state index < -0.39 is 21.8 Å². The summed E-state index contributed by atoms with van der Waals surface area (Å²) in [5.41, 5.74) is 1.98. The summed E-state index contributed by atoms with van der Waals surface area (Å²) in [6, 6.07) is 16.8. The van der Waals surface area contributed by atoms with Crippen molar-refractivity contribution in [2.45, 2.75) is 24.5 Å². The first-order valence-electron chi connectivity index (χ1n) is 11.6. The van der Waals surface area contributed by atoms with Crippen LogP contribution in [0.1, 0.15) is 24.2 Å². The van der Waals surface area contributed by atoms with Gasteiger partial charge in [0.25, 0.3) is 5.91 Å². The number of amides is 1. The number of aromatic nitrogens is 1. The van der Waals surface area contributed by atoms with Crippen LogP contribution in [0.15, 0.2) is 70.6 Å². The van der Waals surface area contributed by atoms with Crippen LogP contribution in [0, 0.1) is 0 Å². The molecular formula is C27H27N3O6S2. The fraction of sp³-hybridized carbons (Fsp3) is 0.222. The number of nitrogens with one attached hydrogen (secondary N) is 1. The summed E-state index contributed by atoms with van der Waals surface area (Å²) in [5, 5.41) is 3.16. The second kappa shape index (κ2) is 11.6. The van der Waals surface area contributed by atoms with Crippen LogP contribution in [0.2, 0.25) is 0 Å². The van der Waals surface area contributed by atoms with Crippen molar-refractivity contribution in [3.63, 3.8) is 0 Å². The van der Waals surface area contributed by atoms with Crippen molar-refractivity contribution in [1.29, 1.82) is 0 Å². The van der Waals surface area contributed by atoms with E-state index in [4.69, 9.17) is 14.2 Å². The number of sulfone groups is 1. The van der Waals surface area contributed by atoms with Gasteiger partial charge in [-0.3, -0.25) is 15.1 Å². The van der Waals surface area contributed by atoms with Crippen LogP contribution in [0.5, 0.6) is 17.2 Å². The van der Waals surface area contributed by atoms with Crippen molar-refractivity contribution in [2.24, 2.45) is 4.99 Å². The van der Waals surface area contributed by atoms with E-state index in [9.17, 15) is 13.2 Å². The minimum Gasteiger partial charge on any atom is -0.495 e. The van der Waals surface area contributed by atoms with Crippen LogP contribution in [0.4, 0.5) is 5.13 Å². The van der Waals surface area contributed by atoms with Gasteiger partial charge in [-0.25, -0.2) is 13.4 Å². The maximum Gasteiger partial charge on any atom is 0.271 e. The first-order chi connectivity index (χ1) is 18.3. The summed E-state index contributed by atoms with van der Waals surface area (Å²) >= 11 is 1.24. The van der Waals surface area contributed by atoms with Gasteiger partial charge in [0, 0.05) is 5.56 Å². The summed E-state index contributed by atoms with van der Waals surface area (Å²) in [7, 11) is -0.294. The molecule has 0 radical (unpaired) electrons. The van der Waals surface area contributed by atoms with Gasteiger partial charge in [-0.2, -0.15) is 0 Å². The Morgan fingerprint density at radius 3 is 2.29 bits per heavy atom. The molecule has 9 nitrogen and oxygen atoms in total. The standard InChI is InChI=1S/C27H27N3O6S2/c1-5-38(32,33)20-12-8-18(9-13-20)24(36-19-10-6-17(7-11-19)16-28-2)26(31)30-27-29-23-21(34-3)14-15-22(35-4)25(23)37-27/h6-15,24H,2,5,16H2,1,3-4H3,(H,29,30,31). The van der Waals surface area contributed by atoms with Gasteiger partial charge in [0.1, 0.15) is 27.5 Å². The Bertz CT molecular complexity index is 1510. The van der Waals surface area contributed by atoms with Crippen LogP contribution in [-0.2, 0) is 21.2 Å². The van der Waals surface area contributed by atoms with E-state index in [0.717, 1.165) is 10.3 Å². The van der Waals surface area contributed by atoms with Crippen molar-refractivity contribution >= 4 is 49.1 Å². The van der Waals surface area contributed by atoms with Gasteiger partial charge in [0.15, 0.2) is 15.0 Å². The number of hydrogen-bond acceptors (Lipinski definition) is 9. The van der Waals surface area contributed by atoms with Gasteiger partial charge >= 0.3 is 0 Å². The van der Waals surface area contributed by atoms with Crippen molar-refractivity contribution < 1.29 is 27.4 Å². The third-order valence-corrected chi connectivity index (χ3v) is 8.51. The molecule has 0 aliphatic carbocycles. The molecule has 38 heavy (non-hydrogen) atoms. The maximum absolute atomic E-state index is 13.5. The minimum atomic E-state index is -3.39. The number of fused-ring (bicyclic) bond motifs is 1. The number of methoxy groups -OCH3 is 2. The monoisotopic (exact) mass is 553 g/mol. The van der Waals surface area contributed by atoms with Crippen LogP contribution in [0.3, 0.4) is 0 Å². The zero-order chi connectivity index (χ0) is 27.3. The molecule has 0 aliphatic heterocycles. The minimum absolute atomic E-state index is 0.0246. The van der Waals surface area contributed by atoms with Crippen molar-refractivity contribution in [2.75, 3.05) is 25.3 Å².